The fraction of sp³-hybridized carbons (Fsp3) is 0.214. The topological polar surface area (TPSA) is 80.3 Å². The number of nitrogens with one attached hydrogen (secondary N) is 2. The normalized spacial score (nSPS) is 10.1. The van der Waals surface area contributed by atoms with Crippen LogP contribution >= 0.6 is 0 Å². The summed E-state index contributed by atoms with van der Waals surface area (Å²) in [5.74, 6) is -0.162. The van der Waals surface area contributed by atoms with Gasteiger partial charge in [-0.15, -0.1) is 0 Å². The van der Waals surface area contributed by atoms with Crippen molar-refractivity contribution >= 4 is 22.7 Å². The molecule has 0 unspecified atom stereocenters. The molecule has 0 aliphatic carbocycles. The van der Waals surface area contributed by atoms with Crippen LogP contribution < -0.4 is 15.6 Å². The molecular weight excluding hydrogens is 258 g/mol. The van der Waals surface area contributed by atoms with E-state index in [2.05, 4.69) is 15.8 Å². The van der Waals surface area contributed by atoms with Crippen LogP contribution in [0.2, 0.25) is 0 Å². The third-order valence-corrected chi connectivity index (χ3v) is 2.62. The van der Waals surface area contributed by atoms with Gasteiger partial charge in [-0.3, -0.25) is 25.4 Å². The molecule has 1 aromatic carbocycles. The van der Waals surface area contributed by atoms with Crippen molar-refractivity contribution in [1.29, 1.82) is 0 Å². The van der Waals surface area contributed by atoms with Gasteiger partial charge in [0.05, 0.1) is 0 Å². The molecule has 1 aromatic heterocycles. The number of amides is 2. The molecule has 0 fully saturated rings. The van der Waals surface area contributed by atoms with Crippen LogP contribution in [0.25, 0.3) is 10.9 Å². The quantitative estimate of drug-likeness (QED) is 0.819. The highest BCUT2D eigenvalue weighted by atomic mass is 16.5. The van der Waals surface area contributed by atoms with Gasteiger partial charge in [0.1, 0.15) is 11.3 Å². The third kappa shape index (κ3) is 3.44. The first-order valence-corrected chi connectivity index (χ1v) is 6.25. The number of hydrogen-bond acceptors (Lipinski definition) is 4. The summed E-state index contributed by atoms with van der Waals surface area (Å²) in [7, 11) is 0. The molecule has 0 saturated heterocycles. The molecule has 0 aliphatic rings. The predicted molar refractivity (Wildman–Crippen MR) is 73.8 cm³/mol. The zero-order valence-electron chi connectivity index (χ0n) is 11.1. The second-order valence-corrected chi connectivity index (χ2v) is 4.07. The molecule has 20 heavy (non-hydrogen) atoms. The highest BCUT2D eigenvalue weighted by Crippen LogP contribution is 2.22. The standard InChI is InChI=1S/C14H15N3O3/c1-2-12(18)16-17-13(19)9-20-11-7-3-5-10-6-4-8-15-14(10)11/h3-8H,2,9H2,1H3,(H,16,18)(H,17,19). The SMILES string of the molecule is CCC(=O)NNC(=O)COc1cccc2cccnc12. The Hall–Kier alpha value is -2.63. The van der Waals surface area contributed by atoms with Crippen LogP contribution in [0.3, 0.4) is 0 Å². The average molecular weight is 273 g/mol. The number of carbonyl (C=O) groups is 2. The van der Waals surface area contributed by atoms with E-state index in [0.29, 0.717) is 17.7 Å². The Morgan fingerprint density at radius 2 is 1.90 bits per heavy atom. The molecule has 2 N–H and O–H groups in total. The van der Waals surface area contributed by atoms with Gasteiger partial charge in [-0.1, -0.05) is 25.1 Å². The second-order valence-electron chi connectivity index (χ2n) is 4.07. The van der Waals surface area contributed by atoms with E-state index in [0.717, 1.165) is 5.39 Å². The van der Waals surface area contributed by atoms with E-state index in [1.165, 1.54) is 0 Å². The van der Waals surface area contributed by atoms with E-state index >= 15 is 0 Å². The monoisotopic (exact) mass is 273 g/mol. The summed E-state index contributed by atoms with van der Waals surface area (Å²) in [6, 6.07) is 9.23. The molecule has 1 heterocycles. The molecule has 104 valence electrons. The Morgan fingerprint density at radius 1 is 1.15 bits per heavy atom. The van der Waals surface area contributed by atoms with Crippen molar-refractivity contribution in [3.8, 4) is 5.75 Å². The van der Waals surface area contributed by atoms with Gasteiger partial charge in [0.2, 0.25) is 5.91 Å². The maximum Gasteiger partial charge on any atom is 0.276 e. The summed E-state index contributed by atoms with van der Waals surface area (Å²) in [5, 5.41) is 0.935. The lowest BCUT2D eigenvalue weighted by Gasteiger charge is -2.09. The zero-order chi connectivity index (χ0) is 14.4. The molecule has 0 spiro atoms. The first-order valence-electron chi connectivity index (χ1n) is 6.25. The second kappa shape index (κ2) is 6.51. The summed E-state index contributed by atoms with van der Waals surface area (Å²) >= 11 is 0. The van der Waals surface area contributed by atoms with E-state index in [9.17, 15) is 9.59 Å². The molecule has 0 saturated carbocycles. The largest absolute Gasteiger partial charge is 0.481 e. The minimum absolute atomic E-state index is 0.195. The number of rotatable bonds is 4. The van der Waals surface area contributed by atoms with Crippen LogP contribution in [0.15, 0.2) is 36.5 Å². The smallest absolute Gasteiger partial charge is 0.276 e. The average Bonchev–Trinajstić information content (AvgIpc) is 2.50. The third-order valence-electron chi connectivity index (χ3n) is 2.62. The number of benzene rings is 1. The molecule has 6 heteroatoms. The van der Waals surface area contributed by atoms with Gasteiger partial charge < -0.3 is 4.74 Å². The summed E-state index contributed by atoms with van der Waals surface area (Å²) in [6.07, 6.45) is 1.96. The van der Waals surface area contributed by atoms with Gasteiger partial charge in [-0.2, -0.15) is 0 Å². The van der Waals surface area contributed by atoms with E-state index in [4.69, 9.17) is 4.74 Å². The maximum atomic E-state index is 11.5. The van der Waals surface area contributed by atoms with Gasteiger partial charge in [0, 0.05) is 18.0 Å². The Labute approximate surface area is 116 Å². The summed E-state index contributed by atoms with van der Waals surface area (Å²) in [4.78, 5) is 26.7. The van der Waals surface area contributed by atoms with Crippen molar-refractivity contribution in [2.45, 2.75) is 13.3 Å². The molecule has 6 nitrogen and oxygen atoms in total. The number of pyridine rings is 1. The Morgan fingerprint density at radius 3 is 2.70 bits per heavy atom. The number of carbonyl (C=O) groups excluding carboxylic acids is 2. The molecule has 2 aromatic rings. The molecule has 0 atom stereocenters. The lowest BCUT2D eigenvalue weighted by molar-refractivity contribution is -0.129. The minimum atomic E-state index is -0.431. The first kappa shape index (κ1) is 13.8. The lowest BCUT2D eigenvalue weighted by Crippen LogP contribution is -2.43. The Balaban J connectivity index is 1.96. The summed E-state index contributed by atoms with van der Waals surface area (Å²) in [5.41, 5.74) is 5.23. The van der Waals surface area contributed by atoms with E-state index in [-0.39, 0.29) is 12.5 Å². The van der Waals surface area contributed by atoms with Crippen LogP contribution in [0.1, 0.15) is 13.3 Å². The molecular formula is C14H15N3O3. The van der Waals surface area contributed by atoms with Crippen molar-refractivity contribution in [2.24, 2.45) is 0 Å². The fourth-order valence-electron chi connectivity index (χ4n) is 1.60. The van der Waals surface area contributed by atoms with Crippen LogP contribution in [0.4, 0.5) is 0 Å². The maximum absolute atomic E-state index is 11.5. The minimum Gasteiger partial charge on any atom is -0.481 e. The lowest BCUT2D eigenvalue weighted by atomic mass is 10.2. The van der Waals surface area contributed by atoms with Crippen molar-refractivity contribution in [2.75, 3.05) is 6.61 Å². The predicted octanol–water partition coefficient (Wildman–Crippen LogP) is 1.17. The highest BCUT2D eigenvalue weighted by Gasteiger charge is 2.07. The molecule has 2 amide bonds. The number of hydrazine groups is 1. The number of aromatic nitrogens is 1. The Bertz CT molecular complexity index is 623. The van der Waals surface area contributed by atoms with Crippen molar-refractivity contribution in [3.05, 3.63) is 36.5 Å². The zero-order valence-corrected chi connectivity index (χ0v) is 11.1. The summed E-state index contributed by atoms with van der Waals surface area (Å²) in [6.45, 7) is 1.50. The number of ether oxygens (including phenoxy) is 1. The fourth-order valence-corrected chi connectivity index (χ4v) is 1.60. The number of nitrogens with zero attached hydrogens (tertiary/aromatic N) is 1. The highest BCUT2D eigenvalue weighted by molar-refractivity contribution is 5.85. The molecule has 0 radical (unpaired) electrons. The number of hydrogen-bond donors (Lipinski definition) is 2. The van der Waals surface area contributed by atoms with E-state index < -0.39 is 5.91 Å². The molecule has 2 rings (SSSR count). The van der Waals surface area contributed by atoms with Crippen molar-refractivity contribution < 1.29 is 14.3 Å². The first-order chi connectivity index (χ1) is 9.70. The van der Waals surface area contributed by atoms with Gasteiger partial charge in [-0.05, 0) is 12.1 Å². The van der Waals surface area contributed by atoms with Crippen LogP contribution in [-0.2, 0) is 9.59 Å². The number of para-hydroxylation sites is 1. The number of fused-ring (bicyclic) bond motifs is 1. The van der Waals surface area contributed by atoms with Crippen LogP contribution in [0, 0.1) is 0 Å². The Kier molecular flexibility index (Phi) is 4.49. The van der Waals surface area contributed by atoms with Crippen molar-refractivity contribution in [1.82, 2.24) is 15.8 Å². The van der Waals surface area contributed by atoms with E-state index in [1.54, 1.807) is 19.2 Å². The van der Waals surface area contributed by atoms with E-state index in [1.807, 2.05) is 24.3 Å². The van der Waals surface area contributed by atoms with Gasteiger partial charge in [-0.25, -0.2) is 0 Å². The van der Waals surface area contributed by atoms with Gasteiger partial charge in [0.15, 0.2) is 6.61 Å². The van der Waals surface area contributed by atoms with Crippen LogP contribution in [0.5, 0.6) is 5.75 Å². The molecule has 0 aliphatic heterocycles. The van der Waals surface area contributed by atoms with Gasteiger partial charge in [0.25, 0.3) is 5.91 Å². The summed E-state index contributed by atoms with van der Waals surface area (Å²) < 4.78 is 5.42. The van der Waals surface area contributed by atoms with Crippen molar-refractivity contribution in [3.63, 3.8) is 0 Å². The molecule has 0 bridgehead atoms. The van der Waals surface area contributed by atoms with Gasteiger partial charge >= 0.3 is 0 Å². The van der Waals surface area contributed by atoms with Crippen LogP contribution in [-0.4, -0.2) is 23.4 Å².